The van der Waals surface area contributed by atoms with Crippen molar-refractivity contribution in [2.45, 2.75) is 44.1 Å². The Morgan fingerprint density at radius 2 is 1.55 bits per heavy atom. The van der Waals surface area contributed by atoms with Crippen molar-refractivity contribution in [3.05, 3.63) is 48.0 Å². The zero-order valence-corrected chi connectivity index (χ0v) is 17.6. The number of fused-ring (bicyclic) bond motifs is 1. The fourth-order valence-corrected chi connectivity index (χ4v) is 6.38. The summed E-state index contributed by atoms with van der Waals surface area (Å²) < 4.78 is 5.11. The molecule has 4 aliphatic rings. The van der Waals surface area contributed by atoms with E-state index in [0.29, 0.717) is 5.56 Å². The molecule has 2 amide bonds. The molecule has 31 heavy (non-hydrogen) atoms. The van der Waals surface area contributed by atoms with E-state index in [1.807, 2.05) is 30.3 Å². The van der Waals surface area contributed by atoms with Crippen molar-refractivity contribution >= 4 is 28.6 Å². The Kier molecular flexibility index (Phi) is 5.16. The Balaban J connectivity index is 1.08. The summed E-state index contributed by atoms with van der Waals surface area (Å²) in [5.74, 6) is 1.00. The molecule has 0 heterocycles. The molecule has 0 atom stereocenters. The predicted octanol–water partition coefficient (Wildman–Crippen LogP) is 3.20. The van der Waals surface area contributed by atoms with Gasteiger partial charge in [-0.05, 0) is 79.2 Å². The van der Waals surface area contributed by atoms with Crippen LogP contribution in [0.5, 0.6) is 0 Å². The monoisotopic (exact) mass is 420 g/mol. The van der Waals surface area contributed by atoms with E-state index in [-0.39, 0.29) is 30.5 Å². The zero-order valence-electron chi connectivity index (χ0n) is 17.6. The van der Waals surface area contributed by atoms with Crippen molar-refractivity contribution in [3.8, 4) is 0 Å². The Labute approximate surface area is 181 Å². The largest absolute Gasteiger partial charge is 0.454 e. The van der Waals surface area contributed by atoms with E-state index in [4.69, 9.17) is 4.74 Å². The van der Waals surface area contributed by atoms with E-state index in [0.717, 1.165) is 47.8 Å². The number of benzene rings is 2. The van der Waals surface area contributed by atoms with E-state index in [1.165, 1.54) is 19.3 Å². The quantitative estimate of drug-likeness (QED) is 0.703. The molecule has 4 saturated carbocycles. The highest BCUT2D eigenvalue weighted by Crippen LogP contribution is 2.55. The SMILES string of the molecule is O=C(COC(=O)CNC(=O)c1ccc2ccccc2c1)NC12CC3CC(CC(C3)C1)C2. The maximum Gasteiger partial charge on any atom is 0.325 e. The fourth-order valence-electron chi connectivity index (χ4n) is 6.38. The smallest absolute Gasteiger partial charge is 0.325 e. The lowest BCUT2D eigenvalue weighted by Crippen LogP contribution is -2.60. The Morgan fingerprint density at radius 3 is 2.23 bits per heavy atom. The minimum Gasteiger partial charge on any atom is -0.454 e. The van der Waals surface area contributed by atoms with Crippen LogP contribution in [0.1, 0.15) is 48.9 Å². The first kappa shape index (κ1) is 20.0. The van der Waals surface area contributed by atoms with Crippen LogP contribution >= 0.6 is 0 Å². The number of hydrogen-bond donors (Lipinski definition) is 2. The van der Waals surface area contributed by atoms with Crippen LogP contribution in [-0.4, -0.2) is 36.5 Å². The third-order valence-corrected chi connectivity index (χ3v) is 7.21. The maximum atomic E-state index is 12.4. The summed E-state index contributed by atoms with van der Waals surface area (Å²) in [5.41, 5.74) is 0.383. The Bertz CT molecular complexity index is 996. The van der Waals surface area contributed by atoms with Gasteiger partial charge in [0.05, 0.1) is 0 Å². The van der Waals surface area contributed by atoms with E-state index in [9.17, 15) is 14.4 Å². The van der Waals surface area contributed by atoms with Crippen LogP contribution in [0.15, 0.2) is 42.5 Å². The molecule has 0 aromatic heterocycles. The van der Waals surface area contributed by atoms with Gasteiger partial charge in [-0.1, -0.05) is 30.3 Å². The molecule has 4 bridgehead atoms. The van der Waals surface area contributed by atoms with E-state index in [1.54, 1.807) is 12.1 Å². The molecule has 4 fully saturated rings. The lowest BCUT2D eigenvalue weighted by Gasteiger charge is -2.56. The average Bonchev–Trinajstić information content (AvgIpc) is 2.74. The molecule has 2 aromatic carbocycles. The van der Waals surface area contributed by atoms with Gasteiger partial charge in [-0.2, -0.15) is 0 Å². The minimum absolute atomic E-state index is 0.0947. The summed E-state index contributed by atoms with van der Waals surface area (Å²) in [6, 6.07) is 13.1. The first-order valence-electron chi connectivity index (χ1n) is 11.2. The number of rotatable bonds is 6. The van der Waals surface area contributed by atoms with Crippen molar-refractivity contribution in [1.82, 2.24) is 10.6 Å². The van der Waals surface area contributed by atoms with Crippen LogP contribution < -0.4 is 10.6 Å². The van der Waals surface area contributed by atoms with Gasteiger partial charge < -0.3 is 15.4 Å². The Hall–Kier alpha value is -2.89. The molecule has 162 valence electrons. The number of ether oxygens (including phenoxy) is 1. The molecular formula is C25H28N2O4. The second-order valence-electron chi connectivity index (χ2n) is 9.65. The lowest BCUT2D eigenvalue weighted by molar-refractivity contribution is -0.149. The van der Waals surface area contributed by atoms with Crippen molar-refractivity contribution in [2.75, 3.05) is 13.2 Å². The number of carbonyl (C=O) groups is 3. The molecule has 0 spiro atoms. The molecular weight excluding hydrogens is 392 g/mol. The van der Waals surface area contributed by atoms with Crippen LogP contribution in [0.2, 0.25) is 0 Å². The zero-order chi connectivity index (χ0) is 21.4. The highest BCUT2D eigenvalue weighted by atomic mass is 16.5. The van der Waals surface area contributed by atoms with Gasteiger partial charge in [0.15, 0.2) is 6.61 Å². The number of esters is 1. The van der Waals surface area contributed by atoms with Crippen molar-refractivity contribution < 1.29 is 19.1 Å². The maximum absolute atomic E-state index is 12.4. The van der Waals surface area contributed by atoms with Crippen LogP contribution in [0.25, 0.3) is 10.8 Å². The van der Waals surface area contributed by atoms with Gasteiger partial charge in [-0.3, -0.25) is 14.4 Å². The molecule has 6 heteroatoms. The van der Waals surface area contributed by atoms with Gasteiger partial charge in [-0.25, -0.2) is 0 Å². The molecule has 2 N–H and O–H groups in total. The van der Waals surface area contributed by atoms with Crippen LogP contribution in [0.3, 0.4) is 0 Å². The van der Waals surface area contributed by atoms with Gasteiger partial charge >= 0.3 is 5.97 Å². The molecule has 6 rings (SSSR count). The van der Waals surface area contributed by atoms with Crippen molar-refractivity contribution in [2.24, 2.45) is 17.8 Å². The lowest BCUT2D eigenvalue weighted by atomic mass is 9.53. The van der Waals surface area contributed by atoms with E-state index in [2.05, 4.69) is 10.6 Å². The minimum atomic E-state index is -0.616. The van der Waals surface area contributed by atoms with Crippen LogP contribution in [-0.2, 0) is 14.3 Å². The van der Waals surface area contributed by atoms with Crippen molar-refractivity contribution in [1.29, 1.82) is 0 Å². The van der Waals surface area contributed by atoms with Gasteiger partial charge in [0, 0.05) is 11.1 Å². The van der Waals surface area contributed by atoms with Crippen LogP contribution in [0.4, 0.5) is 0 Å². The first-order valence-corrected chi connectivity index (χ1v) is 11.2. The normalized spacial score (nSPS) is 28.3. The van der Waals surface area contributed by atoms with Gasteiger partial charge in [0.2, 0.25) is 0 Å². The third kappa shape index (κ3) is 4.29. The topological polar surface area (TPSA) is 84.5 Å². The average molecular weight is 421 g/mol. The van der Waals surface area contributed by atoms with E-state index >= 15 is 0 Å². The summed E-state index contributed by atoms with van der Waals surface area (Å²) in [7, 11) is 0. The highest BCUT2D eigenvalue weighted by molar-refractivity contribution is 5.99. The van der Waals surface area contributed by atoms with Gasteiger partial charge in [0.25, 0.3) is 11.8 Å². The highest BCUT2D eigenvalue weighted by Gasteiger charge is 2.51. The summed E-state index contributed by atoms with van der Waals surface area (Å²) >= 11 is 0. The summed E-state index contributed by atoms with van der Waals surface area (Å²) in [4.78, 5) is 36.8. The third-order valence-electron chi connectivity index (χ3n) is 7.21. The first-order chi connectivity index (χ1) is 15.0. The fraction of sp³-hybridized carbons (Fsp3) is 0.480. The molecule has 0 unspecified atom stereocenters. The number of amides is 2. The Morgan fingerprint density at radius 1 is 0.903 bits per heavy atom. The molecule has 0 aliphatic heterocycles. The second kappa shape index (κ2) is 7.98. The standard InChI is InChI=1S/C25H28N2O4/c28-22(27-25-11-16-7-17(12-25)9-18(8-16)13-25)15-31-23(29)14-26-24(30)21-6-5-19-3-1-2-4-20(19)10-21/h1-6,10,16-18H,7-9,11-15H2,(H,26,30)(H,27,28). The molecule has 2 aromatic rings. The number of nitrogens with one attached hydrogen (secondary N) is 2. The summed E-state index contributed by atoms with van der Waals surface area (Å²) in [5, 5.41) is 7.76. The molecule has 0 radical (unpaired) electrons. The van der Waals surface area contributed by atoms with Gasteiger partial charge in [-0.15, -0.1) is 0 Å². The van der Waals surface area contributed by atoms with Gasteiger partial charge in [0.1, 0.15) is 6.54 Å². The predicted molar refractivity (Wildman–Crippen MR) is 116 cm³/mol. The van der Waals surface area contributed by atoms with Crippen LogP contribution in [0, 0.1) is 17.8 Å². The van der Waals surface area contributed by atoms with E-state index < -0.39 is 5.97 Å². The van der Waals surface area contributed by atoms with Crippen molar-refractivity contribution in [3.63, 3.8) is 0 Å². The second-order valence-corrected chi connectivity index (χ2v) is 9.65. The molecule has 0 saturated heterocycles. The summed E-state index contributed by atoms with van der Waals surface area (Å²) in [6.45, 7) is -0.567. The molecule has 6 nitrogen and oxygen atoms in total. The molecule has 4 aliphatic carbocycles. The number of carbonyl (C=O) groups excluding carboxylic acids is 3. The summed E-state index contributed by atoms with van der Waals surface area (Å²) in [6.07, 6.45) is 7.09. The number of hydrogen-bond acceptors (Lipinski definition) is 4.